The maximum Gasteiger partial charge on any atom is 0.244 e. The molecule has 0 aliphatic carbocycles. The van der Waals surface area contributed by atoms with Crippen LogP contribution in [0.2, 0.25) is 0 Å². The van der Waals surface area contributed by atoms with Gasteiger partial charge in [0.15, 0.2) is 11.5 Å². The van der Waals surface area contributed by atoms with Gasteiger partial charge in [-0.1, -0.05) is 18.2 Å². The third-order valence-electron chi connectivity index (χ3n) is 4.04. The van der Waals surface area contributed by atoms with Gasteiger partial charge in [0.25, 0.3) is 0 Å². The molecule has 0 unspecified atom stereocenters. The SMILES string of the molecule is COc1cccc([C@H](CNC(=O)/C=C/c2ccc3c(c2)OCO3)OC)c1. The first-order valence-corrected chi connectivity index (χ1v) is 8.22. The van der Waals surface area contributed by atoms with Crippen LogP contribution in [0.1, 0.15) is 17.2 Å². The van der Waals surface area contributed by atoms with Crippen LogP contribution >= 0.6 is 0 Å². The summed E-state index contributed by atoms with van der Waals surface area (Å²) in [5, 5.41) is 2.84. The molecule has 0 radical (unpaired) electrons. The monoisotopic (exact) mass is 355 g/mol. The molecule has 1 heterocycles. The summed E-state index contributed by atoms with van der Waals surface area (Å²) < 4.78 is 21.3. The Morgan fingerprint density at radius 1 is 1.19 bits per heavy atom. The smallest absolute Gasteiger partial charge is 0.244 e. The molecule has 0 aromatic heterocycles. The summed E-state index contributed by atoms with van der Waals surface area (Å²) in [6, 6.07) is 13.1. The number of carbonyl (C=O) groups is 1. The van der Waals surface area contributed by atoms with Gasteiger partial charge in [0.1, 0.15) is 5.75 Å². The number of carbonyl (C=O) groups excluding carboxylic acids is 1. The van der Waals surface area contributed by atoms with E-state index in [0.29, 0.717) is 18.0 Å². The van der Waals surface area contributed by atoms with Crippen molar-refractivity contribution >= 4 is 12.0 Å². The first kappa shape index (κ1) is 17.8. The molecule has 0 saturated heterocycles. The van der Waals surface area contributed by atoms with Gasteiger partial charge in [-0.25, -0.2) is 0 Å². The Bertz CT molecular complexity index is 803. The summed E-state index contributed by atoms with van der Waals surface area (Å²) in [5.41, 5.74) is 1.80. The van der Waals surface area contributed by atoms with Crippen molar-refractivity contribution in [1.29, 1.82) is 0 Å². The third kappa shape index (κ3) is 4.34. The van der Waals surface area contributed by atoms with Crippen molar-refractivity contribution in [2.24, 2.45) is 0 Å². The van der Waals surface area contributed by atoms with Gasteiger partial charge in [-0.15, -0.1) is 0 Å². The van der Waals surface area contributed by atoms with Crippen molar-refractivity contribution in [2.75, 3.05) is 27.6 Å². The molecule has 0 fully saturated rings. The largest absolute Gasteiger partial charge is 0.497 e. The van der Waals surface area contributed by atoms with Gasteiger partial charge >= 0.3 is 0 Å². The van der Waals surface area contributed by atoms with Crippen molar-refractivity contribution in [3.8, 4) is 17.2 Å². The zero-order valence-electron chi connectivity index (χ0n) is 14.7. The van der Waals surface area contributed by atoms with Crippen LogP contribution in [0.15, 0.2) is 48.5 Å². The number of nitrogens with one attached hydrogen (secondary N) is 1. The lowest BCUT2D eigenvalue weighted by molar-refractivity contribution is -0.117. The van der Waals surface area contributed by atoms with Crippen molar-refractivity contribution in [2.45, 2.75) is 6.10 Å². The van der Waals surface area contributed by atoms with E-state index in [1.165, 1.54) is 6.08 Å². The minimum Gasteiger partial charge on any atom is -0.497 e. The number of benzene rings is 2. The van der Waals surface area contributed by atoms with Crippen LogP contribution in [0.5, 0.6) is 17.2 Å². The fourth-order valence-electron chi connectivity index (χ4n) is 2.62. The highest BCUT2D eigenvalue weighted by atomic mass is 16.7. The molecule has 6 nitrogen and oxygen atoms in total. The van der Waals surface area contributed by atoms with Crippen LogP contribution in [0, 0.1) is 0 Å². The maximum atomic E-state index is 12.1. The fourth-order valence-corrected chi connectivity index (χ4v) is 2.62. The normalized spacial score (nSPS) is 13.6. The van der Waals surface area contributed by atoms with E-state index < -0.39 is 0 Å². The van der Waals surface area contributed by atoms with E-state index in [-0.39, 0.29) is 18.8 Å². The molecular weight excluding hydrogens is 334 g/mol. The minimum absolute atomic E-state index is 0.201. The van der Waals surface area contributed by atoms with Gasteiger partial charge in [0, 0.05) is 19.7 Å². The lowest BCUT2D eigenvalue weighted by Gasteiger charge is -2.16. The summed E-state index contributed by atoms with van der Waals surface area (Å²) in [5.74, 6) is 1.95. The fraction of sp³-hybridized carbons (Fsp3) is 0.250. The van der Waals surface area contributed by atoms with Crippen molar-refractivity contribution < 1.29 is 23.7 Å². The molecule has 136 valence electrons. The van der Waals surface area contributed by atoms with Crippen LogP contribution in [0.4, 0.5) is 0 Å². The predicted molar refractivity (Wildman–Crippen MR) is 97.4 cm³/mol. The number of rotatable bonds is 7. The summed E-state index contributed by atoms with van der Waals surface area (Å²) in [7, 11) is 3.22. The molecule has 1 aliphatic rings. The Kier molecular flexibility index (Phi) is 5.76. The Balaban J connectivity index is 1.57. The van der Waals surface area contributed by atoms with Gasteiger partial charge in [-0.3, -0.25) is 4.79 Å². The number of hydrogen-bond donors (Lipinski definition) is 1. The quantitative estimate of drug-likeness (QED) is 0.774. The lowest BCUT2D eigenvalue weighted by atomic mass is 10.1. The van der Waals surface area contributed by atoms with Crippen LogP contribution in [0.3, 0.4) is 0 Å². The Morgan fingerprint density at radius 3 is 2.85 bits per heavy atom. The summed E-state index contributed by atoms with van der Waals surface area (Å²) in [6.45, 7) is 0.583. The third-order valence-corrected chi connectivity index (χ3v) is 4.04. The van der Waals surface area contributed by atoms with E-state index in [1.807, 2.05) is 42.5 Å². The number of hydrogen-bond acceptors (Lipinski definition) is 5. The van der Waals surface area contributed by atoms with E-state index >= 15 is 0 Å². The van der Waals surface area contributed by atoms with E-state index in [2.05, 4.69) is 5.32 Å². The summed E-state index contributed by atoms with van der Waals surface area (Å²) >= 11 is 0. The zero-order valence-corrected chi connectivity index (χ0v) is 14.7. The average molecular weight is 355 g/mol. The second-order valence-electron chi connectivity index (χ2n) is 5.69. The van der Waals surface area contributed by atoms with Crippen LogP contribution in [0.25, 0.3) is 6.08 Å². The van der Waals surface area contributed by atoms with Gasteiger partial charge in [0.2, 0.25) is 12.7 Å². The molecule has 1 amide bonds. The standard InChI is InChI=1S/C20H21NO5/c1-23-16-5-3-4-15(11-16)19(24-2)12-21-20(22)9-7-14-6-8-17-18(10-14)26-13-25-17/h3-11,19H,12-13H2,1-2H3,(H,21,22)/b9-7+/t19-/m0/s1. The molecular formula is C20H21NO5. The Labute approximate surface area is 152 Å². The highest BCUT2D eigenvalue weighted by Gasteiger charge is 2.13. The second-order valence-corrected chi connectivity index (χ2v) is 5.69. The van der Waals surface area contributed by atoms with Gasteiger partial charge < -0.3 is 24.3 Å². The number of ether oxygens (including phenoxy) is 4. The average Bonchev–Trinajstić information content (AvgIpc) is 3.15. The molecule has 6 heteroatoms. The molecule has 26 heavy (non-hydrogen) atoms. The zero-order chi connectivity index (χ0) is 18.4. The van der Waals surface area contributed by atoms with Gasteiger partial charge in [-0.05, 0) is 41.5 Å². The van der Waals surface area contributed by atoms with Crippen LogP contribution < -0.4 is 19.5 Å². The first-order valence-electron chi connectivity index (χ1n) is 8.22. The Morgan fingerprint density at radius 2 is 2.04 bits per heavy atom. The molecule has 2 aromatic rings. The maximum absolute atomic E-state index is 12.1. The molecule has 1 N–H and O–H groups in total. The summed E-state index contributed by atoms with van der Waals surface area (Å²) in [4.78, 5) is 12.1. The molecule has 0 bridgehead atoms. The van der Waals surface area contributed by atoms with Crippen LogP contribution in [-0.2, 0) is 9.53 Å². The number of amides is 1. The van der Waals surface area contributed by atoms with E-state index in [9.17, 15) is 4.79 Å². The van der Waals surface area contributed by atoms with E-state index in [0.717, 1.165) is 16.9 Å². The van der Waals surface area contributed by atoms with Crippen molar-refractivity contribution in [3.05, 3.63) is 59.7 Å². The highest BCUT2D eigenvalue weighted by molar-refractivity contribution is 5.91. The second kappa shape index (κ2) is 8.40. The highest BCUT2D eigenvalue weighted by Crippen LogP contribution is 2.32. The lowest BCUT2D eigenvalue weighted by Crippen LogP contribution is -2.27. The molecule has 1 atom stereocenters. The van der Waals surface area contributed by atoms with Crippen LogP contribution in [-0.4, -0.2) is 33.5 Å². The van der Waals surface area contributed by atoms with Crippen molar-refractivity contribution in [1.82, 2.24) is 5.32 Å². The van der Waals surface area contributed by atoms with E-state index in [1.54, 1.807) is 20.3 Å². The predicted octanol–water partition coefficient (Wildman–Crippen LogP) is 2.94. The Hall–Kier alpha value is -2.99. The topological polar surface area (TPSA) is 66.0 Å². The van der Waals surface area contributed by atoms with Gasteiger partial charge in [0.05, 0.1) is 13.2 Å². The number of methoxy groups -OCH3 is 2. The van der Waals surface area contributed by atoms with E-state index in [4.69, 9.17) is 18.9 Å². The minimum atomic E-state index is -0.256. The van der Waals surface area contributed by atoms with Gasteiger partial charge in [-0.2, -0.15) is 0 Å². The first-order chi connectivity index (χ1) is 12.7. The molecule has 0 saturated carbocycles. The summed E-state index contributed by atoms with van der Waals surface area (Å²) in [6.07, 6.45) is 2.95. The number of fused-ring (bicyclic) bond motifs is 1. The molecule has 3 rings (SSSR count). The molecule has 0 spiro atoms. The van der Waals surface area contributed by atoms with Crippen molar-refractivity contribution in [3.63, 3.8) is 0 Å². The molecule has 1 aliphatic heterocycles. The molecule has 2 aromatic carbocycles.